The Morgan fingerprint density at radius 3 is 2.45 bits per heavy atom. The van der Waals surface area contributed by atoms with Gasteiger partial charge in [-0.15, -0.1) is 0 Å². The highest BCUT2D eigenvalue weighted by atomic mass is 32.2. The van der Waals surface area contributed by atoms with Crippen LogP contribution >= 0.6 is 11.8 Å². The largest absolute Gasteiger partial charge is 0.274 e. The van der Waals surface area contributed by atoms with E-state index >= 15 is 0 Å². The molecule has 0 amide bonds. The van der Waals surface area contributed by atoms with E-state index in [-0.39, 0.29) is 4.75 Å². The number of nitrogens with two attached hydrogens (primary N) is 1. The molecule has 6 heteroatoms. The van der Waals surface area contributed by atoms with Crippen LogP contribution in [0.25, 0.3) is 0 Å². The van der Waals surface area contributed by atoms with Crippen LogP contribution in [0, 0.1) is 0 Å². The third kappa shape index (κ3) is 2.98. The van der Waals surface area contributed by atoms with Crippen molar-refractivity contribution in [3.05, 3.63) is 0 Å². The zero-order valence-corrected chi connectivity index (χ0v) is 7.96. The molecule has 1 saturated carbocycles. The van der Waals surface area contributed by atoms with Crippen molar-refractivity contribution >= 4 is 22.0 Å². The summed E-state index contributed by atoms with van der Waals surface area (Å²) in [5, 5.41) is 4.78. The van der Waals surface area contributed by atoms with E-state index in [0.29, 0.717) is 6.54 Å². The van der Waals surface area contributed by atoms with E-state index < -0.39 is 10.2 Å². The Morgan fingerprint density at radius 1 is 1.64 bits per heavy atom. The third-order valence-corrected chi connectivity index (χ3v) is 3.80. The molecule has 0 unspecified atom stereocenters. The van der Waals surface area contributed by atoms with E-state index in [1.54, 1.807) is 11.8 Å². The first-order valence-corrected chi connectivity index (χ1v) is 6.07. The van der Waals surface area contributed by atoms with E-state index in [1.165, 1.54) is 0 Å². The molecule has 0 atom stereocenters. The lowest BCUT2D eigenvalue weighted by molar-refractivity contribution is 0.581. The first-order chi connectivity index (χ1) is 4.97. The van der Waals surface area contributed by atoms with Crippen molar-refractivity contribution < 1.29 is 8.42 Å². The number of hydrogen-bond acceptors (Lipinski definition) is 3. The molecule has 4 nitrogen and oxygen atoms in total. The summed E-state index contributed by atoms with van der Waals surface area (Å²) in [6, 6.07) is 0. The molecule has 1 aliphatic carbocycles. The highest BCUT2D eigenvalue weighted by molar-refractivity contribution is 8.00. The molecular weight excluding hydrogens is 184 g/mol. The maximum absolute atomic E-state index is 10.5. The first-order valence-electron chi connectivity index (χ1n) is 3.30. The number of hydrogen-bond donors (Lipinski definition) is 2. The van der Waals surface area contributed by atoms with Crippen molar-refractivity contribution in [2.24, 2.45) is 5.14 Å². The molecule has 11 heavy (non-hydrogen) atoms. The first kappa shape index (κ1) is 9.31. The van der Waals surface area contributed by atoms with Gasteiger partial charge in [0, 0.05) is 11.3 Å². The second-order valence-corrected chi connectivity index (χ2v) is 5.41. The van der Waals surface area contributed by atoms with Gasteiger partial charge in [-0.25, -0.2) is 9.86 Å². The van der Waals surface area contributed by atoms with E-state index in [0.717, 1.165) is 12.8 Å². The highest BCUT2D eigenvalue weighted by Gasteiger charge is 2.42. The van der Waals surface area contributed by atoms with Gasteiger partial charge in [-0.1, -0.05) is 0 Å². The molecular formula is C5H12N2O2S2. The van der Waals surface area contributed by atoms with E-state index in [9.17, 15) is 8.42 Å². The summed E-state index contributed by atoms with van der Waals surface area (Å²) in [5.74, 6) is 0. The van der Waals surface area contributed by atoms with Gasteiger partial charge in [0.25, 0.3) is 10.2 Å². The molecule has 0 heterocycles. The summed E-state index contributed by atoms with van der Waals surface area (Å²) >= 11 is 1.70. The zero-order chi connectivity index (χ0) is 8.54. The van der Waals surface area contributed by atoms with Crippen molar-refractivity contribution in [2.45, 2.75) is 17.6 Å². The lowest BCUT2D eigenvalue weighted by Crippen LogP contribution is -2.36. The molecule has 0 aromatic rings. The zero-order valence-electron chi connectivity index (χ0n) is 6.33. The lowest BCUT2D eigenvalue weighted by Gasteiger charge is -2.10. The van der Waals surface area contributed by atoms with Gasteiger partial charge < -0.3 is 0 Å². The molecule has 0 aromatic heterocycles. The molecule has 66 valence electrons. The Balaban J connectivity index is 2.33. The quantitative estimate of drug-likeness (QED) is 0.647. The Kier molecular flexibility index (Phi) is 2.48. The molecule has 1 rings (SSSR count). The smallest absolute Gasteiger partial charge is 0.216 e. The molecule has 0 bridgehead atoms. The second-order valence-electron chi connectivity index (χ2n) is 2.75. The highest BCUT2D eigenvalue weighted by Crippen LogP contribution is 2.46. The number of thioether (sulfide) groups is 1. The van der Waals surface area contributed by atoms with Gasteiger partial charge in [-0.3, -0.25) is 0 Å². The van der Waals surface area contributed by atoms with Crippen LogP contribution in [0.2, 0.25) is 0 Å². The second kappa shape index (κ2) is 2.93. The Morgan fingerprint density at radius 2 is 2.18 bits per heavy atom. The monoisotopic (exact) mass is 196 g/mol. The van der Waals surface area contributed by atoms with Crippen molar-refractivity contribution in [2.75, 3.05) is 12.8 Å². The molecule has 0 aromatic carbocycles. The van der Waals surface area contributed by atoms with E-state index in [4.69, 9.17) is 5.14 Å². The fourth-order valence-electron chi connectivity index (χ4n) is 0.825. The van der Waals surface area contributed by atoms with Gasteiger partial charge in [-0.2, -0.15) is 20.2 Å². The maximum atomic E-state index is 10.5. The SMILES string of the molecule is CSC1(CNS(N)(=O)=O)CC1. The molecule has 1 aliphatic rings. The van der Waals surface area contributed by atoms with Gasteiger partial charge in [0.05, 0.1) is 0 Å². The molecule has 0 spiro atoms. The molecule has 0 radical (unpaired) electrons. The Hall–Kier alpha value is 0.220. The average molecular weight is 196 g/mol. The molecule has 0 saturated heterocycles. The standard InChI is InChI=1S/C5H12N2O2S2/c1-10-5(2-3-5)4-7-11(6,8)9/h7H,2-4H2,1H3,(H2,6,8,9). The number of nitrogens with one attached hydrogen (secondary N) is 1. The molecule has 1 fully saturated rings. The lowest BCUT2D eigenvalue weighted by atomic mass is 10.4. The van der Waals surface area contributed by atoms with E-state index in [1.807, 2.05) is 6.26 Å². The van der Waals surface area contributed by atoms with Crippen molar-refractivity contribution in [3.8, 4) is 0 Å². The van der Waals surface area contributed by atoms with Gasteiger partial charge in [-0.05, 0) is 19.1 Å². The van der Waals surface area contributed by atoms with Crippen LogP contribution in [-0.2, 0) is 10.2 Å². The van der Waals surface area contributed by atoms with Crippen LogP contribution in [0.5, 0.6) is 0 Å². The van der Waals surface area contributed by atoms with E-state index in [2.05, 4.69) is 4.72 Å². The topological polar surface area (TPSA) is 72.2 Å². The summed E-state index contributed by atoms with van der Waals surface area (Å²) in [7, 11) is -3.49. The van der Waals surface area contributed by atoms with Gasteiger partial charge in [0.15, 0.2) is 0 Å². The molecule has 3 N–H and O–H groups in total. The maximum Gasteiger partial charge on any atom is 0.274 e. The Bertz CT molecular complexity index is 233. The van der Waals surface area contributed by atoms with Crippen LogP contribution in [0.15, 0.2) is 0 Å². The van der Waals surface area contributed by atoms with Crippen LogP contribution in [0.3, 0.4) is 0 Å². The molecule has 0 aliphatic heterocycles. The minimum absolute atomic E-state index is 0.145. The summed E-state index contributed by atoms with van der Waals surface area (Å²) < 4.78 is 23.4. The third-order valence-electron chi connectivity index (χ3n) is 1.84. The van der Waals surface area contributed by atoms with Crippen LogP contribution in [0.1, 0.15) is 12.8 Å². The predicted octanol–water partition coefficient (Wildman–Crippen LogP) is -0.325. The van der Waals surface area contributed by atoms with Crippen LogP contribution in [0.4, 0.5) is 0 Å². The van der Waals surface area contributed by atoms with Crippen molar-refractivity contribution in [1.29, 1.82) is 0 Å². The van der Waals surface area contributed by atoms with Gasteiger partial charge in [0.2, 0.25) is 0 Å². The Labute approximate surface area is 71.1 Å². The average Bonchev–Trinajstić information content (AvgIpc) is 2.63. The summed E-state index contributed by atoms with van der Waals surface area (Å²) in [5.41, 5.74) is 0. The van der Waals surface area contributed by atoms with Crippen LogP contribution in [-0.4, -0.2) is 26.0 Å². The fraction of sp³-hybridized carbons (Fsp3) is 1.00. The van der Waals surface area contributed by atoms with Crippen molar-refractivity contribution in [1.82, 2.24) is 4.72 Å². The van der Waals surface area contributed by atoms with Crippen molar-refractivity contribution in [3.63, 3.8) is 0 Å². The summed E-state index contributed by atoms with van der Waals surface area (Å²) in [6.45, 7) is 0.465. The predicted molar refractivity (Wildman–Crippen MR) is 46.6 cm³/mol. The summed E-state index contributed by atoms with van der Waals surface area (Å²) in [4.78, 5) is 0. The van der Waals surface area contributed by atoms with Crippen LogP contribution < -0.4 is 9.86 Å². The minimum Gasteiger partial charge on any atom is -0.216 e. The number of rotatable bonds is 4. The van der Waals surface area contributed by atoms with Gasteiger partial charge >= 0.3 is 0 Å². The fourth-order valence-corrected chi connectivity index (χ4v) is 2.12. The van der Waals surface area contributed by atoms with Gasteiger partial charge in [0.1, 0.15) is 0 Å². The minimum atomic E-state index is -3.49. The normalized spacial score (nSPS) is 21.6. The summed E-state index contributed by atoms with van der Waals surface area (Å²) in [6.07, 6.45) is 4.14.